The fraction of sp³-hybridized carbons (Fsp3) is 0.167. The molecule has 3 aromatic rings. The summed E-state index contributed by atoms with van der Waals surface area (Å²) in [5.41, 5.74) is 6.91. The van der Waals surface area contributed by atoms with Crippen LogP contribution in [0.15, 0.2) is 48.8 Å². The van der Waals surface area contributed by atoms with Crippen LogP contribution in [0.4, 0.5) is 5.82 Å². The molecule has 24 heavy (non-hydrogen) atoms. The maximum absolute atomic E-state index is 12.4. The number of nitrogens with two attached hydrogens (primary N) is 1. The summed E-state index contributed by atoms with van der Waals surface area (Å²) < 4.78 is 5.23. The van der Waals surface area contributed by atoms with Crippen LogP contribution >= 0.6 is 0 Å². The summed E-state index contributed by atoms with van der Waals surface area (Å²) in [5.74, 6) is 0.705. The number of rotatable bonds is 4. The van der Waals surface area contributed by atoms with E-state index in [2.05, 4.69) is 16.0 Å². The van der Waals surface area contributed by atoms with Crippen molar-refractivity contribution in [2.45, 2.75) is 6.54 Å². The van der Waals surface area contributed by atoms with E-state index in [4.69, 9.17) is 10.5 Å². The quantitative estimate of drug-likeness (QED) is 0.798. The maximum Gasteiger partial charge on any atom is 0.276 e. The zero-order valence-corrected chi connectivity index (χ0v) is 13.6. The summed E-state index contributed by atoms with van der Waals surface area (Å²) in [4.78, 5) is 21.9. The molecule has 0 saturated carbocycles. The van der Waals surface area contributed by atoms with Gasteiger partial charge in [0, 0.05) is 26.0 Å². The molecule has 0 aliphatic heterocycles. The van der Waals surface area contributed by atoms with Crippen molar-refractivity contribution in [3.63, 3.8) is 0 Å². The third kappa shape index (κ3) is 3.12. The first kappa shape index (κ1) is 15.7. The molecule has 1 heterocycles. The van der Waals surface area contributed by atoms with Gasteiger partial charge in [-0.25, -0.2) is 9.97 Å². The fourth-order valence-corrected chi connectivity index (χ4v) is 2.54. The van der Waals surface area contributed by atoms with Crippen molar-refractivity contribution in [3.8, 4) is 5.75 Å². The Bertz CT molecular complexity index is 895. The molecule has 1 aromatic heterocycles. The normalized spacial score (nSPS) is 10.6. The number of anilines is 1. The standard InChI is InChI=1S/C18H18N4O2/c1-22(18(23)16-17(19)21-8-7-20-16)11-12-3-4-14-10-15(24-2)6-5-13(14)9-12/h3-10H,11H2,1-2H3,(H2,19,21). The van der Waals surface area contributed by atoms with E-state index in [9.17, 15) is 4.79 Å². The maximum atomic E-state index is 12.4. The molecule has 122 valence electrons. The minimum atomic E-state index is -0.254. The number of ether oxygens (including phenoxy) is 1. The molecule has 0 radical (unpaired) electrons. The van der Waals surface area contributed by atoms with Crippen LogP contribution in [-0.2, 0) is 6.54 Å². The Labute approximate surface area is 139 Å². The van der Waals surface area contributed by atoms with E-state index in [0.717, 1.165) is 22.1 Å². The number of fused-ring (bicyclic) bond motifs is 1. The summed E-state index contributed by atoms with van der Waals surface area (Å²) in [6.07, 6.45) is 2.92. The van der Waals surface area contributed by atoms with Crippen molar-refractivity contribution in [1.82, 2.24) is 14.9 Å². The van der Waals surface area contributed by atoms with Gasteiger partial charge in [-0.1, -0.05) is 18.2 Å². The molecule has 1 amide bonds. The number of benzene rings is 2. The van der Waals surface area contributed by atoms with Gasteiger partial charge in [0.05, 0.1) is 7.11 Å². The molecule has 3 rings (SSSR count). The average Bonchev–Trinajstić information content (AvgIpc) is 2.61. The zero-order valence-electron chi connectivity index (χ0n) is 13.6. The minimum Gasteiger partial charge on any atom is -0.497 e. The molecule has 0 fully saturated rings. The lowest BCUT2D eigenvalue weighted by molar-refractivity contribution is 0.0780. The summed E-state index contributed by atoms with van der Waals surface area (Å²) in [6.45, 7) is 0.455. The first-order valence-electron chi connectivity index (χ1n) is 7.47. The lowest BCUT2D eigenvalue weighted by Crippen LogP contribution is -2.28. The van der Waals surface area contributed by atoms with Crippen LogP contribution in [0.2, 0.25) is 0 Å². The molecule has 0 saturated heterocycles. The molecule has 2 N–H and O–H groups in total. The number of carbonyl (C=O) groups excluding carboxylic acids is 1. The van der Waals surface area contributed by atoms with Gasteiger partial charge in [0.25, 0.3) is 5.91 Å². The van der Waals surface area contributed by atoms with E-state index in [1.807, 2.05) is 30.3 Å². The molecule has 0 aliphatic carbocycles. The summed E-state index contributed by atoms with van der Waals surface area (Å²) >= 11 is 0. The molecule has 6 heteroatoms. The Balaban J connectivity index is 1.81. The highest BCUT2D eigenvalue weighted by molar-refractivity contribution is 5.96. The summed E-state index contributed by atoms with van der Waals surface area (Å²) in [5, 5.41) is 2.18. The SMILES string of the molecule is COc1ccc2cc(CN(C)C(=O)c3nccnc3N)ccc2c1. The largest absolute Gasteiger partial charge is 0.497 e. The Morgan fingerprint density at radius 2 is 1.83 bits per heavy atom. The fourth-order valence-electron chi connectivity index (χ4n) is 2.54. The number of methoxy groups -OCH3 is 1. The van der Waals surface area contributed by atoms with Crippen LogP contribution in [0.3, 0.4) is 0 Å². The van der Waals surface area contributed by atoms with E-state index in [1.165, 1.54) is 12.4 Å². The minimum absolute atomic E-state index is 0.139. The second-order valence-corrected chi connectivity index (χ2v) is 5.50. The predicted molar refractivity (Wildman–Crippen MR) is 92.7 cm³/mol. The van der Waals surface area contributed by atoms with E-state index in [-0.39, 0.29) is 17.4 Å². The Hall–Kier alpha value is -3.15. The van der Waals surface area contributed by atoms with Gasteiger partial charge >= 0.3 is 0 Å². The smallest absolute Gasteiger partial charge is 0.276 e. The molecule has 0 bridgehead atoms. The number of hydrogen-bond donors (Lipinski definition) is 1. The van der Waals surface area contributed by atoms with Crippen LogP contribution in [0.25, 0.3) is 10.8 Å². The molecule has 0 spiro atoms. The van der Waals surface area contributed by atoms with Crippen molar-refractivity contribution in [2.75, 3.05) is 19.9 Å². The second-order valence-electron chi connectivity index (χ2n) is 5.50. The van der Waals surface area contributed by atoms with Crippen LogP contribution in [0.1, 0.15) is 16.1 Å². The Morgan fingerprint density at radius 3 is 2.58 bits per heavy atom. The zero-order chi connectivity index (χ0) is 17.1. The third-order valence-corrected chi connectivity index (χ3v) is 3.81. The first-order chi connectivity index (χ1) is 11.6. The topological polar surface area (TPSA) is 81.3 Å². The van der Waals surface area contributed by atoms with Gasteiger partial charge in [-0.05, 0) is 34.5 Å². The molecule has 2 aromatic carbocycles. The Morgan fingerprint density at radius 1 is 1.12 bits per heavy atom. The Kier molecular flexibility index (Phi) is 4.29. The average molecular weight is 322 g/mol. The number of amides is 1. The third-order valence-electron chi connectivity index (χ3n) is 3.81. The van der Waals surface area contributed by atoms with Gasteiger partial charge in [-0.3, -0.25) is 4.79 Å². The first-order valence-corrected chi connectivity index (χ1v) is 7.47. The van der Waals surface area contributed by atoms with Crippen LogP contribution in [-0.4, -0.2) is 34.9 Å². The van der Waals surface area contributed by atoms with E-state index < -0.39 is 0 Å². The number of nitrogen functional groups attached to an aromatic ring is 1. The predicted octanol–water partition coefficient (Wildman–Crippen LogP) is 2.49. The van der Waals surface area contributed by atoms with Crippen LogP contribution in [0.5, 0.6) is 5.75 Å². The van der Waals surface area contributed by atoms with E-state index in [0.29, 0.717) is 6.54 Å². The molecule has 0 unspecified atom stereocenters. The highest BCUT2D eigenvalue weighted by Gasteiger charge is 2.17. The van der Waals surface area contributed by atoms with Gasteiger partial charge in [0.2, 0.25) is 0 Å². The van der Waals surface area contributed by atoms with Gasteiger partial charge in [-0.2, -0.15) is 0 Å². The molecule has 0 atom stereocenters. The van der Waals surface area contributed by atoms with E-state index in [1.54, 1.807) is 19.1 Å². The monoisotopic (exact) mass is 322 g/mol. The molecule has 6 nitrogen and oxygen atoms in total. The summed E-state index contributed by atoms with van der Waals surface area (Å²) in [7, 11) is 3.36. The van der Waals surface area contributed by atoms with Gasteiger partial charge in [0.1, 0.15) is 5.75 Å². The van der Waals surface area contributed by atoms with Gasteiger partial charge in [-0.15, -0.1) is 0 Å². The molecular weight excluding hydrogens is 304 g/mol. The van der Waals surface area contributed by atoms with Crippen molar-refractivity contribution in [2.24, 2.45) is 0 Å². The van der Waals surface area contributed by atoms with Gasteiger partial charge in [0.15, 0.2) is 11.5 Å². The molecular formula is C18H18N4O2. The summed E-state index contributed by atoms with van der Waals surface area (Å²) in [6, 6.07) is 12.0. The van der Waals surface area contributed by atoms with Gasteiger partial charge < -0.3 is 15.4 Å². The van der Waals surface area contributed by atoms with E-state index >= 15 is 0 Å². The van der Waals surface area contributed by atoms with Crippen LogP contribution < -0.4 is 10.5 Å². The van der Waals surface area contributed by atoms with Crippen molar-refractivity contribution in [3.05, 3.63) is 60.0 Å². The highest BCUT2D eigenvalue weighted by Crippen LogP contribution is 2.22. The number of carbonyl (C=O) groups is 1. The van der Waals surface area contributed by atoms with Crippen molar-refractivity contribution in [1.29, 1.82) is 0 Å². The second kappa shape index (κ2) is 6.54. The van der Waals surface area contributed by atoms with Crippen molar-refractivity contribution < 1.29 is 9.53 Å². The lowest BCUT2D eigenvalue weighted by atomic mass is 10.1. The van der Waals surface area contributed by atoms with Crippen molar-refractivity contribution >= 4 is 22.5 Å². The lowest BCUT2D eigenvalue weighted by Gasteiger charge is -2.17. The number of hydrogen-bond acceptors (Lipinski definition) is 5. The van der Waals surface area contributed by atoms with Crippen LogP contribution in [0, 0.1) is 0 Å². The molecule has 0 aliphatic rings. The number of nitrogens with zero attached hydrogens (tertiary/aromatic N) is 3. The highest BCUT2D eigenvalue weighted by atomic mass is 16.5. The number of aromatic nitrogens is 2.